The first kappa shape index (κ1) is 12.6. The summed E-state index contributed by atoms with van der Waals surface area (Å²) in [6.07, 6.45) is 8.08. The normalized spacial score (nSPS) is 18.7. The second-order valence-corrected chi connectivity index (χ2v) is 5.35. The Balaban J connectivity index is 2.10. The Bertz CT molecular complexity index is 354. The first-order valence-corrected chi connectivity index (χ1v) is 6.59. The maximum absolute atomic E-state index is 5.93. The number of nitrogens with zero attached hydrogens (tertiary/aromatic N) is 3. The van der Waals surface area contributed by atoms with E-state index in [1.807, 2.05) is 10.9 Å². The minimum Gasteiger partial charge on any atom is -0.329 e. The molecule has 1 heterocycles. The first-order chi connectivity index (χ1) is 8.13. The van der Waals surface area contributed by atoms with Crippen LogP contribution in [0, 0.1) is 0 Å². The number of hydrogen-bond donors (Lipinski definition) is 1. The largest absolute Gasteiger partial charge is 0.329 e. The van der Waals surface area contributed by atoms with Gasteiger partial charge in [0.15, 0.2) is 0 Å². The lowest BCUT2D eigenvalue weighted by Crippen LogP contribution is -2.42. The molecule has 4 nitrogen and oxygen atoms in total. The molecule has 96 valence electrons. The van der Waals surface area contributed by atoms with Crippen LogP contribution in [0.1, 0.15) is 50.8 Å². The number of rotatable bonds is 5. The molecule has 1 aromatic rings. The molecule has 0 spiro atoms. The van der Waals surface area contributed by atoms with Crippen molar-refractivity contribution >= 4 is 0 Å². The Morgan fingerprint density at radius 1 is 1.53 bits per heavy atom. The average molecular weight is 236 g/mol. The van der Waals surface area contributed by atoms with Gasteiger partial charge in [-0.05, 0) is 33.7 Å². The Labute approximate surface area is 104 Å². The van der Waals surface area contributed by atoms with E-state index >= 15 is 0 Å². The zero-order valence-electron chi connectivity index (χ0n) is 11.1. The Morgan fingerprint density at radius 2 is 2.24 bits per heavy atom. The van der Waals surface area contributed by atoms with Crippen molar-refractivity contribution in [2.75, 3.05) is 13.6 Å². The van der Waals surface area contributed by atoms with Crippen LogP contribution in [0.25, 0.3) is 0 Å². The quantitative estimate of drug-likeness (QED) is 0.850. The second-order valence-electron chi connectivity index (χ2n) is 5.35. The molecule has 2 rings (SSSR count). The Morgan fingerprint density at radius 3 is 2.65 bits per heavy atom. The first-order valence-electron chi connectivity index (χ1n) is 6.59. The Hall–Kier alpha value is -0.870. The molecule has 2 N–H and O–H groups in total. The highest BCUT2D eigenvalue weighted by atomic mass is 15.3. The van der Waals surface area contributed by atoms with E-state index in [0.29, 0.717) is 24.7 Å². The van der Waals surface area contributed by atoms with Crippen molar-refractivity contribution < 1.29 is 0 Å². The minimum absolute atomic E-state index is 0.313. The zero-order valence-corrected chi connectivity index (χ0v) is 11.1. The summed E-state index contributed by atoms with van der Waals surface area (Å²) in [4.78, 5) is 2.42. The summed E-state index contributed by atoms with van der Waals surface area (Å²) in [5.41, 5.74) is 7.17. The van der Waals surface area contributed by atoms with E-state index in [9.17, 15) is 0 Å². The number of aromatic nitrogens is 2. The van der Waals surface area contributed by atoms with E-state index < -0.39 is 0 Å². The van der Waals surface area contributed by atoms with Crippen molar-refractivity contribution in [1.82, 2.24) is 14.7 Å². The molecule has 1 unspecified atom stereocenters. The van der Waals surface area contributed by atoms with Gasteiger partial charge in [0, 0.05) is 30.4 Å². The second kappa shape index (κ2) is 5.19. The predicted octanol–water partition coefficient (Wildman–Crippen LogP) is 1.95. The van der Waals surface area contributed by atoms with Crippen molar-refractivity contribution in [3.63, 3.8) is 0 Å². The molecule has 1 saturated carbocycles. The van der Waals surface area contributed by atoms with Gasteiger partial charge in [-0.15, -0.1) is 0 Å². The Kier molecular flexibility index (Phi) is 3.84. The van der Waals surface area contributed by atoms with E-state index in [1.165, 1.54) is 24.8 Å². The van der Waals surface area contributed by atoms with Gasteiger partial charge >= 0.3 is 0 Å². The van der Waals surface area contributed by atoms with E-state index in [4.69, 9.17) is 5.73 Å². The third kappa shape index (κ3) is 2.53. The molecule has 1 fully saturated rings. The SMILES string of the molecule is CC(C)n1cc(C(CN)N(C)C2CCC2)cn1. The summed E-state index contributed by atoms with van der Waals surface area (Å²) >= 11 is 0. The van der Waals surface area contributed by atoms with E-state index in [1.54, 1.807) is 0 Å². The number of hydrogen-bond acceptors (Lipinski definition) is 3. The topological polar surface area (TPSA) is 47.1 Å². The summed E-state index contributed by atoms with van der Waals surface area (Å²) < 4.78 is 2.01. The van der Waals surface area contributed by atoms with Crippen molar-refractivity contribution in [3.05, 3.63) is 18.0 Å². The van der Waals surface area contributed by atoms with Gasteiger partial charge in [-0.3, -0.25) is 9.58 Å². The van der Waals surface area contributed by atoms with Gasteiger partial charge in [0.2, 0.25) is 0 Å². The van der Waals surface area contributed by atoms with Crippen molar-refractivity contribution in [2.45, 2.75) is 51.2 Å². The van der Waals surface area contributed by atoms with Crippen LogP contribution in [0.3, 0.4) is 0 Å². The van der Waals surface area contributed by atoms with Crippen LogP contribution in [0.15, 0.2) is 12.4 Å². The fourth-order valence-corrected chi connectivity index (χ4v) is 2.39. The predicted molar refractivity (Wildman–Crippen MR) is 69.8 cm³/mol. The maximum Gasteiger partial charge on any atom is 0.0538 e. The van der Waals surface area contributed by atoms with Crippen LogP contribution in [0.4, 0.5) is 0 Å². The highest BCUT2D eigenvalue weighted by molar-refractivity contribution is 5.12. The molecule has 17 heavy (non-hydrogen) atoms. The fourth-order valence-electron chi connectivity index (χ4n) is 2.39. The molecule has 1 aliphatic carbocycles. The van der Waals surface area contributed by atoms with Gasteiger partial charge in [-0.1, -0.05) is 6.42 Å². The lowest BCUT2D eigenvalue weighted by molar-refractivity contribution is 0.113. The standard InChI is InChI=1S/C13H24N4/c1-10(2)17-9-11(8-15-17)13(7-14)16(3)12-5-4-6-12/h8-10,12-13H,4-7,14H2,1-3H3. The van der Waals surface area contributed by atoms with Crippen LogP contribution in [-0.4, -0.2) is 34.3 Å². The molecule has 1 atom stereocenters. The van der Waals surface area contributed by atoms with Crippen LogP contribution in [-0.2, 0) is 0 Å². The molecule has 0 amide bonds. The average Bonchev–Trinajstić information content (AvgIpc) is 2.65. The molecular weight excluding hydrogens is 212 g/mol. The zero-order chi connectivity index (χ0) is 12.4. The fraction of sp³-hybridized carbons (Fsp3) is 0.769. The van der Waals surface area contributed by atoms with Crippen LogP contribution < -0.4 is 5.73 Å². The molecule has 0 aliphatic heterocycles. The smallest absolute Gasteiger partial charge is 0.0538 e. The van der Waals surface area contributed by atoms with Crippen LogP contribution in [0.5, 0.6) is 0 Å². The van der Waals surface area contributed by atoms with Gasteiger partial charge in [0.25, 0.3) is 0 Å². The van der Waals surface area contributed by atoms with Gasteiger partial charge < -0.3 is 5.73 Å². The molecule has 0 radical (unpaired) electrons. The summed E-state index contributed by atoms with van der Waals surface area (Å²) in [5.74, 6) is 0. The van der Waals surface area contributed by atoms with E-state index in [2.05, 4.69) is 37.1 Å². The van der Waals surface area contributed by atoms with E-state index in [-0.39, 0.29) is 0 Å². The van der Waals surface area contributed by atoms with Crippen molar-refractivity contribution in [1.29, 1.82) is 0 Å². The third-order valence-electron chi connectivity index (χ3n) is 3.90. The molecule has 0 saturated heterocycles. The van der Waals surface area contributed by atoms with Gasteiger partial charge in [-0.2, -0.15) is 5.10 Å². The lowest BCUT2D eigenvalue weighted by Gasteiger charge is -2.39. The molecule has 0 bridgehead atoms. The summed E-state index contributed by atoms with van der Waals surface area (Å²) in [7, 11) is 2.19. The van der Waals surface area contributed by atoms with Crippen LogP contribution >= 0.6 is 0 Å². The maximum atomic E-state index is 5.93. The molecule has 4 heteroatoms. The highest BCUT2D eigenvalue weighted by Crippen LogP contribution is 2.30. The summed E-state index contributed by atoms with van der Waals surface area (Å²) in [6.45, 7) is 4.95. The summed E-state index contributed by atoms with van der Waals surface area (Å²) in [6, 6.07) is 1.44. The highest BCUT2D eigenvalue weighted by Gasteiger charge is 2.28. The van der Waals surface area contributed by atoms with Gasteiger partial charge in [0.05, 0.1) is 12.2 Å². The number of nitrogens with two attached hydrogens (primary N) is 1. The van der Waals surface area contributed by atoms with Crippen molar-refractivity contribution in [2.24, 2.45) is 5.73 Å². The molecular formula is C13H24N4. The third-order valence-corrected chi connectivity index (χ3v) is 3.90. The van der Waals surface area contributed by atoms with Gasteiger partial charge in [-0.25, -0.2) is 0 Å². The molecule has 1 aromatic heterocycles. The summed E-state index contributed by atoms with van der Waals surface area (Å²) in [5, 5.41) is 4.40. The van der Waals surface area contributed by atoms with Crippen molar-refractivity contribution in [3.8, 4) is 0 Å². The molecule has 0 aromatic carbocycles. The monoisotopic (exact) mass is 236 g/mol. The van der Waals surface area contributed by atoms with E-state index in [0.717, 1.165) is 0 Å². The number of likely N-dealkylation sites (N-methyl/N-ethyl adjacent to an activating group) is 1. The molecule has 1 aliphatic rings. The minimum atomic E-state index is 0.313. The van der Waals surface area contributed by atoms with Gasteiger partial charge in [0.1, 0.15) is 0 Å². The lowest BCUT2D eigenvalue weighted by atomic mass is 9.90. The van der Waals surface area contributed by atoms with Crippen LogP contribution in [0.2, 0.25) is 0 Å².